The number of hydrogen-bond acceptors (Lipinski definition) is 4. The largest absolute Gasteiger partial charge is 0.478 e. The van der Waals surface area contributed by atoms with Crippen molar-refractivity contribution in [2.45, 2.75) is 0 Å². The molecule has 0 radical (unpaired) electrons. The number of hydrogen-bond donors (Lipinski definition) is 2. The Bertz CT molecular complexity index is 793. The van der Waals surface area contributed by atoms with Gasteiger partial charge < -0.3 is 10.2 Å². The number of allylic oxidation sites excluding steroid dienone is 2. The number of carboxylic acid groups (broad SMARTS) is 2. The minimum Gasteiger partial charge on any atom is -0.478 e. The maximum atomic E-state index is 11.2. The number of rotatable bonds is 2. The molecule has 0 spiro atoms. The Kier molecular flexibility index (Phi) is 5.01. The zero-order chi connectivity index (χ0) is 17.7. The molecule has 0 atom stereocenters. The van der Waals surface area contributed by atoms with E-state index in [1.807, 2.05) is 0 Å². The fraction of sp³-hybridized carbons (Fsp3) is 0. The highest BCUT2D eigenvalue weighted by molar-refractivity contribution is 6.21. The molecule has 2 N–H and O–H groups in total. The monoisotopic (exact) mass is 324 g/mol. The number of fused-ring (bicyclic) bond motifs is 1. The van der Waals surface area contributed by atoms with Gasteiger partial charge in [-0.25, -0.2) is 9.59 Å². The van der Waals surface area contributed by atoms with E-state index < -0.39 is 11.9 Å². The number of ketones is 2. The Morgan fingerprint density at radius 2 is 0.958 bits per heavy atom. The molecule has 6 nitrogen and oxygen atoms in total. The number of aromatic carboxylic acids is 2. The van der Waals surface area contributed by atoms with Crippen LogP contribution in [0.3, 0.4) is 0 Å². The van der Waals surface area contributed by atoms with Crippen LogP contribution < -0.4 is 0 Å². The second-order valence-electron chi connectivity index (χ2n) is 4.76. The van der Waals surface area contributed by atoms with Crippen LogP contribution >= 0.6 is 0 Å². The van der Waals surface area contributed by atoms with Crippen molar-refractivity contribution in [1.29, 1.82) is 0 Å². The topological polar surface area (TPSA) is 109 Å². The third kappa shape index (κ3) is 3.61. The Balaban J connectivity index is 0.000000174. The maximum absolute atomic E-state index is 11.2. The van der Waals surface area contributed by atoms with Gasteiger partial charge in [0.1, 0.15) is 0 Å². The van der Waals surface area contributed by atoms with Crippen molar-refractivity contribution in [3.05, 3.63) is 82.9 Å². The van der Waals surface area contributed by atoms with Gasteiger partial charge in [-0.2, -0.15) is 0 Å². The molecule has 0 saturated carbocycles. The minimum atomic E-state index is -1.23. The molecule has 0 fully saturated rings. The summed E-state index contributed by atoms with van der Waals surface area (Å²) in [6.45, 7) is 0. The summed E-state index contributed by atoms with van der Waals surface area (Å²) in [5.74, 6) is -2.64. The molecule has 3 rings (SSSR count). The maximum Gasteiger partial charge on any atom is 0.336 e. The van der Waals surface area contributed by atoms with E-state index in [0.717, 1.165) is 0 Å². The quantitative estimate of drug-likeness (QED) is 0.879. The van der Waals surface area contributed by atoms with Gasteiger partial charge in [0.2, 0.25) is 0 Å². The lowest BCUT2D eigenvalue weighted by Crippen LogP contribution is -2.10. The number of carbonyl (C=O) groups is 4. The molecule has 120 valence electrons. The summed E-state index contributed by atoms with van der Waals surface area (Å²) in [4.78, 5) is 43.3. The van der Waals surface area contributed by atoms with Gasteiger partial charge in [-0.05, 0) is 24.3 Å². The second-order valence-corrected chi connectivity index (χ2v) is 4.76. The first-order valence-corrected chi connectivity index (χ1v) is 6.83. The van der Waals surface area contributed by atoms with Crippen molar-refractivity contribution in [3.63, 3.8) is 0 Å². The summed E-state index contributed by atoms with van der Waals surface area (Å²) in [6.07, 6.45) is 2.62. The molecule has 0 unspecified atom stereocenters. The second kappa shape index (κ2) is 7.15. The zero-order valence-corrected chi connectivity index (χ0v) is 12.3. The average molecular weight is 324 g/mol. The lowest BCUT2D eigenvalue weighted by atomic mass is 9.95. The molecule has 1 aliphatic rings. The van der Waals surface area contributed by atoms with Gasteiger partial charge in [0, 0.05) is 11.1 Å². The lowest BCUT2D eigenvalue weighted by molar-refractivity contribution is 0.0651. The summed E-state index contributed by atoms with van der Waals surface area (Å²) < 4.78 is 0. The standard InChI is InChI=1S/C10H6O2.C8H6O4/c11-9-5-6-10(12)8-4-2-1-3-7(8)9;9-7(10)5-3-1-2-4-6(5)8(11)12/h1-6H;1-4H,(H,9,10)(H,11,12). The first-order valence-electron chi connectivity index (χ1n) is 6.83. The van der Waals surface area contributed by atoms with E-state index >= 15 is 0 Å². The van der Waals surface area contributed by atoms with Crippen LogP contribution in [-0.2, 0) is 0 Å². The molecule has 1 aliphatic carbocycles. The third-order valence-electron chi connectivity index (χ3n) is 3.23. The molecule has 0 amide bonds. The van der Waals surface area contributed by atoms with E-state index in [1.165, 1.54) is 36.4 Å². The molecule has 0 aromatic heterocycles. The summed E-state index contributed by atoms with van der Waals surface area (Å²) >= 11 is 0. The van der Waals surface area contributed by atoms with Crippen LogP contribution in [0.1, 0.15) is 41.4 Å². The molecule has 0 aliphatic heterocycles. The van der Waals surface area contributed by atoms with Crippen molar-refractivity contribution in [2.24, 2.45) is 0 Å². The molecule has 0 bridgehead atoms. The molecule has 2 aromatic rings. The highest BCUT2D eigenvalue weighted by atomic mass is 16.4. The summed E-state index contributed by atoms with van der Waals surface area (Å²) in [7, 11) is 0. The minimum absolute atomic E-state index is 0.0924. The van der Waals surface area contributed by atoms with E-state index in [9.17, 15) is 19.2 Å². The smallest absolute Gasteiger partial charge is 0.336 e. The molecule has 2 aromatic carbocycles. The molecule has 6 heteroatoms. The molecular weight excluding hydrogens is 312 g/mol. The van der Waals surface area contributed by atoms with Crippen LogP contribution in [0, 0.1) is 0 Å². The Morgan fingerprint density at radius 3 is 1.29 bits per heavy atom. The Labute approximate surface area is 136 Å². The normalized spacial score (nSPS) is 12.0. The molecule has 0 heterocycles. The molecular formula is C18H12O6. The summed E-state index contributed by atoms with van der Waals surface area (Å²) in [5, 5.41) is 17.1. The molecule has 24 heavy (non-hydrogen) atoms. The van der Waals surface area contributed by atoms with Crippen molar-refractivity contribution in [3.8, 4) is 0 Å². The van der Waals surface area contributed by atoms with Crippen molar-refractivity contribution < 1.29 is 29.4 Å². The Hall–Kier alpha value is -3.54. The van der Waals surface area contributed by atoms with Gasteiger partial charge in [0.15, 0.2) is 11.6 Å². The third-order valence-corrected chi connectivity index (χ3v) is 3.23. The number of carboxylic acids is 2. The van der Waals surface area contributed by atoms with E-state index in [4.69, 9.17) is 10.2 Å². The fourth-order valence-electron chi connectivity index (χ4n) is 2.10. The van der Waals surface area contributed by atoms with E-state index in [-0.39, 0.29) is 22.7 Å². The van der Waals surface area contributed by atoms with Crippen LogP contribution in [0.5, 0.6) is 0 Å². The number of carbonyl (C=O) groups excluding carboxylic acids is 2. The highest BCUT2D eigenvalue weighted by Crippen LogP contribution is 2.15. The van der Waals surface area contributed by atoms with Crippen LogP contribution in [0.2, 0.25) is 0 Å². The highest BCUT2D eigenvalue weighted by Gasteiger charge is 2.17. The van der Waals surface area contributed by atoms with Gasteiger partial charge in [-0.1, -0.05) is 36.4 Å². The van der Waals surface area contributed by atoms with Gasteiger partial charge in [-0.3, -0.25) is 9.59 Å². The summed E-state index contributed by atoms with van der Waals surface area (Å²) in [5.41, 5.74) is 0.630. The van der Waals surface area contributed by atoms with Gasteiger partial charge in [-0.15, -0.1) is 0 Å². The van der Waals surface area contributed by atoms with Crippen LogP contribution in [-0.4, -0.2) is 33.7 Å². The van der Waals surface area contributed by atoms with E-state index in [0.29, 0.717) is 11.1 Å². The number of benzene rings is 2. The average Bonchev–Trinajstić information content (AvgIpc) is 2.59. The summed E-state index contributed by atoms with van der Waals surface area (Å²) in [6, 6.07) is 12.3. The predicted molar refractivity (Wildman–Crippen MR) is 84.6 cm³/mol. The van der Waals surface area contributed by atoms with Crippen molar-refractivity contribution in [2.75, 3.05) is 0 Å². The SMILES string of the molecule is O=C(O)c1ccccc1C(=O)O.O=C1C=CC(=O)c2ccccc21. The zero-order valence-electron chi connectivity index (χ0n) is 12.3. The van der Waals surface area contributed by atoms with Gasteiger partial charge >= 0.3 is 11.9 Å². The van der Waals surface area contributed by atoms with Gasteiger partial charge in [0.05, 0.1) is 11.1 Å². The van der Waals surface area contributed by atoms with Gasteiger partial charge in [0.25, 0.3) is 0 Å². The van der Waals surface area contributed by atoms with Crippen LogP contribution in [0.25, 0.3) is 0 Å². The van der Waals surface area contributed by atoms with Crippen molar-refractivity contribution in [1.82, 2.24) is 0 Å². The van der Waals surface area contributed by atoms with Crippen molar-refractivity contribution >= 4 is 23.5 Å². The first kappa shape index (κ1) is 16.8. The lowest BCUT2D eigenvalue weighted by Gasteiger charge is -2.06. The Morgan fingerprint density at radius 1 is 0.625 bits per heavy atom. The first-order chi connectivity index (χ1) is 11.4. The fourth-order valence-corrected chi connectivity index (χ4v) is 2.10. The van der Waals surface area contributed by atoms with Crippen LogP contribution in [0.15, 0.2) is 60.7 Å². The van der Waals surface area contributed by atoms with Crippen LogP contribution in [0.4, 0.5) is 0 Å². The molecule has 0 saturated heterocycles. The predicted octanol–water partition coefficient (Wildman–Crippen LogP) is 2.70. The van der Waals surface area contributed by atoms with E-state index in [2.05, 4.69) is 0 Å². The van der Waals surface area contributed by atoms with E-state index in [1.54, 1.807) is 24.3 Å².